The molecule has 0 bridgehead atoms. The maximum absolute atomic E-state index is 9.24. The Balaban J connectivity index is 2.44. The van der Waals surface area contributed by atoms with Gasteiger partial charge in [0.2, 0.25) is 0 Å². The van der Waals surface area contributed by atoms with E-state index in [-0.39, 0.29) is 0 Å². The van der Waals surface area contributed by atoms with Gasteiger partial charge in [-0.3, -0.25) is 5.32 Å². The van der Waals surface area contributed by atoms with Crippen molar-refractivity contribution in [3.63, 3.8) is 0 Å². The minimum absolute atomic E-state index is 0.298. The molecule has 0 aromatic rings. The van der Waals surface area contributed by atoms with Crippen LogP contribution in [0.2, 0.25) is 0 Å². The van der Waals surface area contributed by atoms with Crippen molar-refractivity contribution in [1.82, 2.24) is 5.32 Å². The molecule has 0 radical (unpaired) electrons. The number of nitrogens with zero attached hydrogens (tertiary/aromatic N) is 1. The van der Waals surface area contributed by atoms with Gasteiger partial charge in [0.25, 0.3) is 0 Å². The number of nitriles is 1. The van der Waals surface area contributed by atoms with Gasteiger partial charge in [0.15, 0.2) is 0 Å². The molecule has 3 nitrogen and oxygen atoms in total. The molecule has 1 aliphatic rings. The highest BCUT2D eigenvalue weighted by atomic mass is 16.5. The van der Waals surface area contributed by atoms with Gasteiger partial charge in [0.05, 0.1) is 18.8 Å². The van der Waals surface area contributed by atoms with E-state index in [1.54, 1.807) is 0 Å². The summed E-state index contributed by atoms with van der Waals surface area (Å²) in [5, 5.41) is 12.5. The fourth-order valence-corrected chi connectivity index (χ4v) is 2.55. The summed E-state index contributed by atoms with van der Waals surface area (Å²) < 4.78 is 5.97. The molecule has 1 aliphatic carbocycles. The zero-order valence-electron chi connectivity index (χ0n) is 11.6. The van der Waals surface area contributed by atoms with Crippen LogP contribution in [0.1, 0.15) is 53.4 Å². The van der Waals surface area contributed by atoms with Crippen LogP contribution in [0.5, 0.6) is 0 Å². The summed E-state index contributed by atoms with van der Waals surface area (Å²) in [7, 11) is 0. The van der Waals surface area contributed by atoms with E-state index in [9.17, 15) is 5.26 Å². The van der Waals surface area contributed by atoms with E-state index in [1.807, 2.05) is 6.92 Å². The second kappa shape index (κ2) is 6.37. The van der Waals surface area contributed by atoms with Crippen LogP contribution >= 0.6 is 0 Å². The second-order valence-electron chi connectivity index (χ2n) is 5.85. The Hall–Kier alpha value is -0.590. The first-order valence-electron chi connectivity index (χ1n) is 6.77. The molecule has 0 aromatic carbocycles. The highest BCUT2D eigenvalue weighted by molar-refractivity contribution is 5.04. The van der Waals surface area contributed by atoms with Crippen molar-refractivity contribution in [2.45, 2.75) is 71.1 Å². The molecule has 0 aromatic heterocycles. The molecule has 0 heterocycles. The Morgan fingerprint density at radius 1 is 1.41 bits per heavy atom. The average molecular weight is 238 g/mol. The molecule has 0 aliphatic heterocycles. The van der Waals surface area contributed by atoms with Gasteiger partial charge in [-0.15, -0.1) is 0 Å². The van der Waals surface area contributed by atoms with Crippen LogP contribution in [0, 0.1) is 17.2 Å². The van der Waals surface area contributed by atoms with Gasteiger partial charge in [-0.05, 0) is 39.5 Å². The lowest BCUT2D eigenvalue weighted by Gasteiger charge is -2.33. The molecule has 1 rings (SSSR count). The smallest absolute Gasteiger partial charge is 0.127 e. The normalized spacial score (nSPS) is 28.7. The number of rotatable bonds is 5. The quantitative estimate of drug-likeness (QED) is 0.801. The van der Waals surface area contributed by atoms with Crippen LogP contribution in [0.15, 0.2) is 0 Å². The van der Waals surface area contributed by atoms with Crippen LogP contribution in [0.25, 0.3) is 0 Å². The van der Waals surface area contributed by atoms with Gasteiger partial charge in [0, 0.05) is 6.04 Å². The zero-order valence-corrected chi connectivity index (χ0v) is 11.6. The van der Waals surface area contributed by atoms with Gasteiger partial charge in [-0.2, -0.15) is 5.26 Å². The minimum Gasteiger partial charge on any atom is -0.375 e. The molecule has 3 unspecified atom stereocenters. The molecule has 3 heteroatoms. The molecule has 0 amide bonds. The Morgan fingerprint density at radius 2 is 2.06 bits per heavy atom. The van der Waals surface area contributed by atoms with E-state index in [4.69, 9.17) is 4.74 Å². The molecule has 1 N–H and O–H groups in total. The maximum atomic E-state index is 9.24. The summed E-state index contributed by atoms with van der Waals surface area (Å²) in [5.41, 5.74) is -0.564. The Labute approximate surface area is 106 Å². The van der Waals surface area contributed by atoms with Gasteiger partial charge in [0.1, 0.15) is 5.54 Å². The predicted octanol–water partition coefficient (Wildman–Crippen LogP) is 2.86. The first-order chi connectivity index (χ1) is 7.97. The molecule has 1 fully saturated rings. The van der Waals surface area contributed by atoms with E-state index in [2.05, 4.69) is 32.2 Å². The predicted molar refractivity (Wildman–Crippen MR) is 69.7 cm³/mol. The fourth-order valence-electron chi connectivity index (χ4n) is 2.55. The lowest BCUT2D eigenvalue weighted by molar-refractivity contribution is -0.0237. The van der Waals surface area contributed by atoms with E-state index in [0.29, 0.717) is 24.7 Å². The fraction of sp³-hybridized carbons (Fsp3) is 0.929. The second-order valence-corrected chi connectivity index (χ2v) is 5.85. The molecule has 1 saturated carbocycles. The van der Waals surface area contributed by atoms with Crippen LogP contribution in [0.3, 0.4) is 0 Å². The Bertz CT molecular complexity index is 272. The summed E-state index contributed by atoms with van der Waals surface area (Å²) in [6, 6.07) is 2.63. The van der Waals surface area contributed by atoms with Crippen molar-refractivity contribution in [2.75, 3.05) is 6.61 Å². The third kappa shape index (κ3) is 4.65. The highest BCUT2D eigenvalue weighted by Gasteiger charge is 2.29. The summed E-state index contributed by atoms with van der Waals surface area (Å²) in [6.07, 6.45) is 5.32. The zero-order chi connectivity index (χ0) is 12.9. The lowest BCUT2D eigenvalue weighted by Crippen LogP contribution is -2.49. The van der Waals surface area contributed by atoms with Gasteiger partial charge in [-0.25, -0.2) is 0 Å². The largest absolute Gasteiger partial charge is 0.375 e. The highest BCUT2D eigenvalue weighted by Crippen LogP contribution is 2.26. The molecule has 0 saturated heterocycles. The van der Waals surface area contributed by atoms with Crippen molar-refractivity contribution in [3.05, 3.63) is 0 Å². The topological polar surface area (TPSA) is 45.0 Å². The van der Waals surface area contributed by atoms with Crippen molar-refractivity contribution in [2.24, 2.45) is 5.92 Å². The average Bonchev–Trinajstić information content (AvgIpc) is 2.27. The van der Waals surface area contributed by atoms with E-state index in [0.717, 1.165) is 6.42 Å². The lowest BCUT2D eigenvalue weighted by atomic mass is 9.88. The van der Waals surface area contributed by atoms with Crippen molar-refractivity contribution >= 4 is 0 Å². The third-order valence-corrected chi connectivity index (χ3v) is 3.47. The molecule has 0 spiro atoms. The number of nitrogens with one attached hydrogen (secondary N) is 1. The van der Waals surface area contributed by atoms with Gasteiger partial charge < -0.3 is 4.74 Å². The van der Waals surface area contributed by atoms with E-state index >= 15 is 0 Å². The van der Waals surface area contributed by atoms with Gasteiger partial charge >= 0.3 is 0 Å². The molecule has 98 valence electrons. The summed E-state index contributed by atoms with van der Waals surface area (Å²) in [4.78, 5) is 0. The van der Waals surface area contributed by atoms with Crippen molar-refractivity contribution < 1.29 is 4.74 Å². The van der Waals surface area contributed by atoms with E-state index < -0.39 is 5.54 Å². The van der Waals surface area contributed by atoms with Crippen molar-refractivity contribution in [3.8, 4) is 6.07 Å². The van der Waals surface area contributed by atoms with Gasteiger partial charge in [-0.1, -0.05) is 19.8 Å². The third-order valence-electron chi connectivity index (χ3n) is 3.47. The molecule has 3 atom stereocenters. The van der Waals surface area contributed by atoms with E-state index in [1.165, 1.54) is 19.3 Å². The number of hydrogen-bond acceptors (Lipinski definition) is 3. The Morgan fingerprint density at radius 3 is 2.59 bits per heavy atom. The SMILES string of the molecule is CC(C)NC(C)(C#N)COC1CCCCC1C. The van der Waals surface area contributed by atoms with Crippen LogP contribution in [-0.2, 0) is 4.74 Å². The number of hydrogen-bond donors (Lipinski definition) is 1. The minimum atomic E-state index is -0.564. The first kappa shape index (κ1) is 14.5. The van der Waals surface area contributed by atoms with Crippen LogP contribution in [0.4, 0.5) is 0 Å². The maximum Gasteiger partial charge on any atom is 0.127 e. The van der Waals surface area contributed by atoms with Crippen molar-refractivity contribution in [1.29, 1.82) is 5.26 Å². The standard InChI is InChI=1S/C14H26N2O/c1-11(2)16-14(4,9-15)10-17-13-8-6-5-7-12(13)3/h11-13,16H,5-8,10H2,1-4H3. The molecular formula is C14H26N2O. The summed E-state index contributed by atoms with van der Waals surface area (Å²) >= 11 is 0. The summed E-state index contributed by atoms with van der Waals surface area (Å²) in [6.45, 7) is 8.76. The summed E-state index contributed by atoms with van der Waals surface area (Å²) in [5.74, 6) is 0.630. The number of ether oxygens (including phenoxy) is 1. The molecular weight excluding hydrogens is 212 g/mol. The van der Waals surface area contributed by atoms with Crippen LogP contribution in [-0.4, -0.2) is 24.3 Å². The molecule has 17 heavy (non-hydrogen) atoms. The monoisotopic (exact) mass is 238 g/mol. The Kier molecular flexibility index (Phi) is 5.42. The van der Waals surface area contributed by atoms with Crippen LogP contribution < -0.4 is 5.32 Å². The first-order valence-corrected chi connectivity index (χ1v) is 6.77.